The first-order valence-corrected chi connectivity index (χ1v) is 6.35. The van der Waals surface area contributed by atoms with E-state index in [-0.39, 0.29) is 6.10 Å². The molecule has 17 heavy (non-hydrogen) atoms. The van der Waals surface area contributed by atoms with Gasteiger partial charge in [0, 0.05) is 19.5 Å². The Balaban J connectivity index is 1.92. The maximum Gasteiger partial charge on any atom is 0.123 e. The first kappa shape index (κ1) is 12.3. The van der Waals surface area contributed by atoms with Crippen molar-refractivity contribution in [2.45, 2.75) is 19.4 Å². The average molecular weight is 250 g/mol. The van der Waals surface area contributed by atoms with E-state index >= 15 is 0 Å². The Morgan fingerprint density at radius 1 is 1.53 bits per heavy atom. The van der Waals surface area contributed by atoms with Gasteiger partial charge in [-0.3, -0.25) is 4.90 Å². The second-order valence-electron chi connectivity index (χ2n) is 4.35. The summed E-state index contributed by atoms with van der Waals surface area (Å²) in [6.45, 7) is 4.60. The standard InChI is InChI=1S/C13H18N2OS/c1-2-15(9-13(14)17)8-11-7-10-5-3-4-6-12(10)16-11/h3-6,11H,2,7-9H2,1H3,(H2,14,17). The molecule has 92 valence electrons. The predicted octanol–water partition coefficient (Wildman–Crippen LogP) is 1.60. The molecule has 0 amide bonds. The minimum atomic E-state index is 0.224. The summed E-state index contributed by atoms with van der Waals surface area (Å²) < 4.78 is 5.90. The van der Waals surface area contributed by atoms with Gasteiger partial charge in [-0.25, -0.2) is 0 Å². The van der Waals surface area contributed by atoms with Gasteiger partial charge >= 0.3 is 0 Å². The third kappa shape index (κ3) is 3.17. The minimum Gasteiger partial charge on any atom is -0.488 e. The quantitative estimate of drug-likeness (QED) is 0.806. The maximum absolute atomic E-state index is 5.90. The lowest BCUT2D eigenvalue weighted by Crippen LogP contribution is -2.39. The zero-order valence-electron chi connectivity index (χ0n) is 10.1. The monoisotopic (exact) mass is 250 g/mol. The van der Waals surface area contributed by atoms with Crippen LogP contribution in [-0.2, 0) is 6.42 Å². The van der Waals surface area contributed by atoms with Crippen LogP contribution in [0, 0.1) is 0 Å². The number of hydrogen-bond donors (Lipinski definition) is 1. The van der Waals surface area contributed by atoms with E-state index in [1.54, 1.807) is 0 Å². The lowest BCUT2D eigenvalue weighted by atomic mass is 10.1. The summed E-state index contributed by atoms with van der Waals surface area (Å²) in [5.74, 6) is 1.02. The van der Waals surface area contributed by atoms with Gasteiger partial charge in [-0.1, -0.05) is 37.3 Å². The number of fused-ring (bicyclic) bond motifs is 1. The third-order valence-corrected chi connectivity index (χ3v) is 3.13. The molecule has 1 atom stereocenters. The molecule has 0 aromatic heterocycles. The molecule has 0 saturated carbocycles. The Hall–Kier alpha value is -1.13. The van der Waals surface area contributed by atoms with Crippen LogP contribution in [0.3, 0.4) is 0 Å². The molecule has 0 saturated heterocycles. The minimum absolute atomic E-state index is 0.224. The highest BCUT2D eigenvalue weighted by Crippen LogP contribution is 2.28. The van der Waals surface area contributed by atoms with Gasteiger partial charge < -0.3 is 10.5 Å². The lowest BCUT2D eigenvalue weighted by molar-refractivity contribution is 0.166. The summed E-state index contributed by atoms with van der Waals surface area (Å²) in [5.41, 5.74) is 6.87. The van der Waals surface area contributed by atoms with E-state index in [9.17, 15) is 0 Å². The molecule has 4 heteroatoms. The first-order valence-electron chi connectivity index (χ1n) is 5.94. The van der Waals surface area contributed by atoms with Crippen LogP contribution in [0.15, 0.2) is 24.3 Å². The van der Waals surface area contributed by atoms with Crippen molar-refractivity contribution in [1.82, 2.24) is 4.90 Å². The van der Waals surface area contributed by atoms with Crippen LogP contribution in [-0.4, -0.2) is 35.6 Å². The Kier molecular flexibility index (Phi) is 3.97. The van der Waals surface area contributed by atoms with Crippen LogP contribution in [0.25, 0.3) is 0 Å². The molecule has 1 aromatic carbocycles. The Morgan fingerprint density at radius 3 is 2.94 bits per heavy atom. The van der Waals surface area contributed by atoms with Crippen molar-refractivity contribution in [2.75, 3.05) is 19.6 Å². The highest BCUT2D eigenvalue weighted by molar-refractivity contribution is 7.80. The number of benzene rings is 1. The van der Waals surface area contributed by atoms with Crippen LogP contribution in [0.1, 0.15) is 12.5 Å². The zero-order chi connectivity index (χ0) is 12.3. The third-order valence-electron chi connectivity index (χ3n) is 3.00. The van der Waals surface area contributed by atoms with Gasteiger partial charge in [0.2, 0.25) is 0 Å². The van der Waals surface area contributed by atoms with Crippen molar-refractivity contribution in [3.05, 3.63) is 29.8 Å². The van der Waals surface area contributed by atoms with E-state index in [0.29, 0.717) is 11.5 Å². The smallest absolute Gasteiger partial charge is 0.123 e. The maximum atomic E-state index is 5.90. The molecule has 1 aromatic rings. The highest BCUT2D eigenvalue weighted by Gasteiger charge is 2.24. The Morgan fingerprint density at radius 2 is 2.29 bits per heavy atom. The van der Waals surface area contributed by atoms with E-state index in [1.165, 1.54) is 5.56 Å². The molecular formula is C13H18N2OS. The van der Waals surface area contributed by atoms with Gasteiger partial charge in [0.15, 0.2) is 0 Å². The summed E-state index contributed by atoms with van der Waals surface area (Å²) in [5, 5.41) is 0. The fourth-order valence-corrected chi connectivity index (χ4v) is 2.35. The molecule has 2 rings (SSSR count). The van der Waals surface area contributed by atoms with Crippen molar-refractivity contribution in [3.8, 4) is 5.75 Å². The number of nitrogens with zero attached hydrogens (tertiary/aromatic N) is 1. The molecule has 0 bridgehead atoms. The summed E-state index contributed by atoms with van der Waals surface area (Å²) in [7, 11) is 0. The van der Waals surface area contributed by atoms with Crippen LogP contribution < -0.4 is 10.5 Å². The number of ether oxygens (including phenoxy) is 1. The first-order chi connectivity index (χ1) is 8.19. The predicted molar refractivity (Wildman–Crippen MR) is 73.5 cm³/mol. The highest BCUT2D eigenvalue weighted by atomic mass is 32.1. The molecule has 0 aliphatic carbocycles. The summed E-state index contributed by atoms with van der Waals surface area (Å²) in [6.07, 6.45) is 1.20. The molecule has 1 heterocycles. The summed E-state index contributed by atoms with van der Waals surface area (Å²) in [6, 6.07) is 8.21. The van der Waals surface area contributed by atoms with Crippen molar-refractivity contribution < 1.29 is 4.74 Å². The van der Waals surface area contributed by atoms with E-state index in [4.69, 9.17) is 22.7 Å². The second kappa shape index (κ2) is 5.47. The topological polar surface area (TPSA) is 38.5 Å². The molecule has 0 radical (unpaired) electrons. The second-order valence-corrected chi connectivity index (χ2v) is 4.87. The number of rotatable bonds is 5. The molecule has 1 aliphatic heterocycles. The van der Waals surface area contributed by atoms with Gasteiger partial charge in [0.25, 0.3) is 0 Å². The van der Waals surface area contributed by atoms with Gasteiger partial charge in [-0.15, -0.1) is 0 Å². The van der Waals surface area contributed by atoms with Crippen LogP contribution >= 0.6 is 12.2 Å². The fraction of sp³-hybridized carbons (Fsp3) is 0.462. The number of thiocarbonyl (C=S) groups is 1. The fourth-order valence-electron chi connectivity index (χ4n) is 2.17. The van der Waals surface area contributed by atoms with E-state index < -0.39 is 0 Å². The van der Waals surface area contributed by atoms with E-state index in [0.717, 1.165) is 25.3 Å². The molecule has 1 aliphatic rings. The molecular weight excluding hydrogens is 232 g/mol. The van der Waals surface area contributed by atoms with E-state index in [1.807, 2.05) is 12.1 Å². The van der Waals surface area contributed by atoms with Gasteiger partial charge in [0.1, 0.15) is 11.9 Å². The lowest BCUT2D eigenvalue weighted by Gasteiger charge is -2.23. The number of likely N-dealkylation sites (N-methyl/N-ethyl adjacent to an activating group) is 1. The molecule has 0 spiro atoms. The van der Waals surface area contributed by atoms with Crippen LogP contribution in [0.5, 0.6) is 5.75 Å². The molecule has 3 nitrogen and oxygen atoms in total. The van der Waals surface area contributed by atoms with Crippen molar-refractivity contribution in [3.63, 3.8) is 0 Å². The van der Waals surface area contributed by atoms with Gasteiger partial charge in [-0.2, -0.15) is 0 Å². The molecule has 2 N–H and O–H groups in total. The largest absolute Gasteiger partial charge is 0.488 e. The molecule has 1 unspecified atom stereocenters. The summed E-state index contributed by atoms with van der Waals surface area (Å²) in [4.78, 5) is 2.76. The Bertz CT molecular complexity index is 383. The number of para-hydroxylation sites is 1. The van der Waals surface area contributed by atoms with Crippen LogP contribution in [0.2, 0.25) is 0 Å². The van der Waals surface area contributed by atoms with Gasteiger partial charge in [0.05, 0.1) is 4.99 Å². The van der Waals surface area contributed by atoms with E-state index in [2.05, 4.69) is 24.0 Å². The Labute approximate surface area is 108 Å². The van der Waals surface area contributed by atoms with Crippen molar-refractivity contribution in [1.29, 1.82) is 0 Å². The SMILES string of the molecule is CCN(CC(N)=S)CC1Cc2ccccc2O1. The average Bonchev–Trinajstić information content (AvgIpc) is 2.69. The molecule has 0 fully saturated rings. The number of hydrogen-bond acceptors (Lipinski definition) is 3. The zero-order valence-corrected chi connectivity index (χ0v) is 10.9. The van der Waals surface area contributed by atoms with Gasteiger partial charge in [-0.05, 0) is 18.2 Å². The number of nitrogens with two attached hydrogens (primary N) is 1. The van der Waals surface area contributed by atoms with Crippen molar-refractivity contribution >= 4 is 17.2 Å². The van der Waals surface area contributed by atoms with Crippen molar-refractivity contribution in [2.24, 2.45) is 5.73 Å². The normalized spacial score (nSPS) is 17.9. The van der Waals surface area contributed by atoms with Crippen LogP contribution in [0.4, 0.5) is 0 Å². The summed E-state index contributed by atoms with van der Waals surface area (Å²) >= 11 is 4.94.